The van der Waals surface area contributed by atoms with Gasteiger partial charge in [-0.25, -0.2) is 12.8 Å². The van der Waals surface area contributed by atoms with Gasteiger partial charge in [0.25, 0.3) is 0 Å². The van der Waals surface area contributed by atoms with Crippen molar-refractivity contribution in [2.75, 3.05) is 24.2 Å². The molecular weight excluding hydrogens is 473 g/mol. The minimum absolute atomic E-state index is 0.00486. The predicted molar refractivity (Wildman–Crippen MR) is 134 cm³/mol. The van der Waals surface area contributed by atoms with Gasteiger partial charge in [-0.2, -0.15) is 0 Å². The van der Waals surface area contributed by atoms with Crippen molar-refractivity contribution in [3.8, 4) is 5.75 Å². The zero-order chi connectivity index (χ0) is 26.4. The van der Waals surface area contributed by atoms with Crippen molar-refractivity contribution in [2.45, 2.75) is 52.2 Å². The Morgan fingerprint density at radius 3 is 2.26 bits per heavy atom. The predicted octanol–water partition coefficient (Wildman–Crippen LogP) is 3.32. The van der Waals surface area contributed by atoms with Gasteiger partial charge in [0.15, 0.2) is 0 Å². The van der Waals surface area contributed by atoms with Crippen LogP contribution in [0.4, 0.5) is 10.1 Å². The van der Waals surface area contributed by atoms with Crippen LogP contribution in [-0.4, -0.2) is 56.6 Å². The highest BCUT2D eigenvalue weighted by Crippen LogP contribution is 2.24. The third kappa shape index (κ3) is 8.24. The van der Waals surface area contributed by atoms with E-state index in [-0.39, 0.29) is 18.1 Å². The molecule has 0 aromatic heterocycles. The molecule has 1 atom stereocenters. The molecule has 2 amide bonds. The fourth-order valence-corrected chi connectivity index (χ4v) is 4.38. The van der Waals surface area contributed by atoms with Gasteiger partial charge in [-0.15, -0.1) is 0 Å². The molecule has 35 heavy (non-hydrogen) atoms. The maximum Gasteiger partial charge on any atom is 0.244 e. The third-order valence-electron chi connectivity index (χ3n) is 5.17. The molecule has 192 valence electrons. The van der Waals surface area contributed by atoms with E-state index in [4.69, 9.17) is 4.74 Å². The van der Waals surface area contributed by atoms with Gasteiger partial charge >= 0.3 is 0 Å². The summed E-state index contributed by atoms with van der Waals surface area (Å²) in [6.45, 7) is 6.75. The Hall–Kier alpha value is -3.14. The quantitative estimate of drug-likeness (QED) is 0.532. The van der Waals surface area contributed by atoms with E-state index in [0.717, 1.165) is 10.6 Å². The number of ether oxygens (including phenoxy) is 1. The normalized spacial score (nSPS) is 12.5. The number of hydrogen-bond donors (Lipinski definition) is 1. The van der Waals surface area contributed by atoms with Crippen molar-refractivity contribution >= 4 is 27.5 Å². The lowest BCUT2D eigenvalue weighted by Crippen LogP contribution is -2.55. The molecule has 0 fully saturated rings. The molecule has 0 spiro atoms. The molecule has 0 unspecified atom stereocenters. The molecule has 10 heteroatoms. The monoisotopic (exact) mass is 507 g/mol. The van der Waals surface area contributed by atoms with E-state index in [1.807, 2.05) is 20.8 Å². The summed E-state index contributed by atoms with van der Waals surface area (Å²) < 4.78 is 44.9. The van der Waals surface area contributed by atoms with Crippen LogP contribution in [0.1, 0.15) is 39.7 Å². The Morgan fingerprint density at radius 1 is 1.11 bits per heavy atom. The van der Waals surface area contributed by atoms with E-state index in [1.54, 1.807) is 25.1 Å². The number of hydrogen-bond acceptors (Lipinski definition) is 5. The van der Waals surface area contributed by atoms with Gasteiger partial charge < -0.3 is 15.0 Å². The molecule has 0 bridgehead atoms. The van der Waals surface area contributed by atoms with E-state index >= 15 is 0 Å². The van der Waals surface area contributed by atoms with Gasteiger partial charge in [0, 0.05) is 18.2 Å². The van der Waals surface area contributed by atoms with Crippen molar-refractivity contribution in [1.29, 1.82) is 0 Å². The van der Waals surface area contributed by atoms with Crippen LogP contribution in [0.15, 0.2) is 48.5 Å². The van der Waals surface area contributed by atoms with E-state index in [1.165, 1.54) is 42.3 Å². The molecule has 0 aliphatic rings. The zero-order valence-corrected chi connectivity index (χ0v) is 21.9. The number of benzene rings is 2. The van der Waals surface area contributed by atoms with Crippen LogP contribution in [-0.2, 0) is 26.2 Å². The number of nitrogens with one attached hydrogen (secondary N) is 1. The van der Waals surface area contributed by atoms with Crippen LogP contribution in [0.5, 0.6) is 5.75 Å². The van der Waals surface area contributed by atoms with Crippen molar-refractivity contribution < 1.29 is 27.1 Å². The number of anilines is 1. The molecule has 0 radical (unpaired) electrons. The first kappa shape index (κ1) is 28.1. The summed E-state index contributed by atoms with van der Waals surface area (Å²) in [4.78, 5) is 28.0. The molecule has 0 heterocycles. The third-order valence-corrected chi connectivity index (χ3v) is 6.31. The molecule has 0 aliphatic carbocycles. The number of methoxy groups -OCH3 is 1. The Bertz CT molecular complexity index is 1130. The SMILES string of the molecule is CC[C@@H](C(=O)NC(C)(C)C)N(Cc1ccc(F)cc1)C(=O)CN(c1cccc(OC)c1)S(C)(=O)=O. The summed E-state index contributed by atoms with van der Waals surface area (Å²) in [6.07, 6.45) is 1.31. The molecule has 0 aliphatic heterocycles. The van der Waals surface area contributed by atoms with Gasteiger partial charge in [0.2, 0.25) is 21.8 Å². The van der Waals surface area contributed by atoms with E-state index in [0.29, 0.717) is 17.7 Å². The molecule has 8 nitrogen and oxygen atoms in total. The number of amides is 2. The van der Waals surface area contributed by atoms with E-state index < -0.39 is 39.9 Å². The van der Waals surface area contributed by atoms with Crippen molar-refractivity contribution in [2.24, 2.45) is 0 Å². The molecule has 1 N–H and O–H groups in total. The second-order valence-corrected chi connectivity index (χ2v) is 11.2. The Morgan fingerprint density at radius 2 is 1.74 bits per heavy atom. The van der Waals surface area contributed by atoms with Crippen molar-refractivity contribution in [1.82, 2.24) is 10.2 Å². The van der Waals surface area contributed by atoms with E-state index in [9.17, 15) is 22.4 Å². The lowest BCUT2D eigenvalue weighted by atomic mass is 10.1. The smallest absolute Gasteiger partial charge is 0.244 e. The molecule has 2 rings (SSSR count). The minimum atomic E-state index is -3.85. The van der Waals surface area contributed by atoms with Crippen molar-refractivity contribution in [3.05, 3.63) is 59.9 Å². The number of carbonyl (C=O) groups is 2. The first-order valence-corrected chi connectivity index (χ1v) is 13.1. The van der Waals surface area contributed by atoms with Crippen LogP contribution in [0.25, 0.3) is 0 Å². The number of sulfonamides is 1. The van der Waals surface area contributed by atoms with E-state index in [2.05, 4.69) is 5.32 Å². The van der Waals surface area contributed by atoms with Crippen molar-refractivity contribution in [3.63, 3.8) is 0 Å². The number of rotatable bonds is 10. The fourth-order valence-electron chi connectivity index (χ4n) is 3.54. The molecular formula is C25H34FN3O5S. The standard InChI is InChI=1S/C25H34FN3O5S/c1-7-22(24(31)27-25(2,3)4)28(16-18-11-13-19(26)14-12-18)23(30)17-29(35(6,32)33)20-9-8-10-21(15-20)34-5/h8-15,22H,7,16-17H2,1-6H3,(H,27,31)/t22-/m0/s1. The summed E-state index contributed by atoms with van der Waals surface area (Å²) in [6, 6.07) is 11.1. The second kappa shape index (κ2) is 11.5. The Kier molecular flexibility index (Phi) is 9.25. The molecule has 0 saturated heterocycles. The topological polar surface area (TPSA) is 96.0 Å². The fraction of sp³-hybridized carbons (Fsp3) is 0.440. The lowest BCUT2D eigenvalue weighted by molar-refractivity contribution is -0.141. The summed E-state index contributed by atoms with van der Waals surface area (Å²) in [7, 11) is -2.39. The average molecular weight is 508 g/mol. The van der Waals surface area contributed by atoms with Crippen LogP contribution >= 0.6 is 0 Å². The maximum absolute atomic E-state index is 13.6. The highest BCUT2D eigenvalue weighted by Gasteiger charge is 2.33. The molecule has 2 aromatic rings. The largest absolute Gasteiger partial charge is 0.497 e. The van der Waals surface area contributed by atoms with Crippen LogP contribution in [0.3, 0.4) is 0 Å². The van der Waals surface area contributed by atoms with Gasteiger partial charge in [-0.3, -0.25) is 13.9 Å². The second-order valence-electron chi connectivity index (χ2n) is 9.28. The Balaban J connectivity index is 2.46. The van der Waals surface area contributed by atoms with Crippen LogP contribution in [0, 0.1) is 5.82 Å². The average Bonchev–Trinajstić information content (AvgIpc) is 2.76. The van der Waals surface area contributed by atoms with Gasteiger partial charge in [-0.05, 0) is 57.0 Å². The van der Waals surface area contributed by atoms with Crippen LogP contribution < -0.4 is 14.4 Å². The van der Waals surface area contributed by atoms with Gasteiger partial charge in [-0.1, -0.05) is 25.1 Å². The molecule has 2 aromatic carbocycles. The summed E-state index contributed by atoms with van der Waals surface area (Å²) >= 11 is 0. The highest BCUT2D eigenvalue weighted by atomic mass is 32.2. The lowest BCUT2D eigenvalue weighted by Gasteiger charge is -2.34. The summed E-state index contributed by atoms with van der Waals surface area (Å²) in [5.41, 5.74) is 0.331. The maximum atomic E-state index is 13.6. The molecule has 0 saturated carbocycles. The zero-order valence-electron chi connectivity index (χ0n) is 21.0. The number of nitrogens with zero attached hydrogens (tertiary/aromatic N) is 2. The highest BCUT2D eigenvalue weighted by molar-refractivity contribution is 7.92. The number of carbonyl (C=O) groups excluding carboxylic acids is 2. The first-order chi connectivity index (χ1) is 16.2. The minimum Gasteiger partial charge on any atom is -0.497 e. The van der Waals surface area contributed by atoms with Gasteiger partial charge in [0.05, 0.1) is 19.1 Å². The Labute approximate surface area is 207 Å². The summed E-state index contributed by atoms with van der Waals surface area (Å²) in [5, 5.41) is 2.89. The van der Waals surface area contributed by atoms with Gasteiger partial charge in [0.1, 0.15) is 24.2 Å². The van der Waals surface area contributed by atoms with Crippen LogP contribution in [0.2, 0.25) is 0 Å². The summed E-state index contributed by atoms with van der Waals surface area (Å²) in [5.74, 6) is -0.922. The number of halogens is 1. The first-order valence-electron chi connectivity index (χ1n) is 11.2.